The first-order valence-corrected chi connectivity index (χ1v) is 7.15. The van der Waals surface area contributed by atoms with Crippen LogP contribution in [-0.2, 0) is 25.4 Å². The Hall–Kier alpha value is -1.59. The first-order chi connectivity index (χ1) is 9.74. The summed E-state index contributed by atoms with van der Waals surface area (Å²) in [6, 6.07) is 4.23. The summed E-state index contributed by atoms with van der Waals surface area (Å²) in [6.45, 7) is 2.72. The van der Waals surface area contributed by atoms with Crippen LogP contribution in [0.4, 0.5) is 0 Å². The molecular formula is C15H22N4O. The van der Waals surface area contributed by atoms with Crippen LogP contribution in [0.25, 0.3) is 0 Å². The third kappa shape index (κ3) is 2.78. The number of aromatic nitrogens is 3. The van der Waals surface area contributed by atoms with Gasteiger partial charge in [0.15, 0.2) is 0 Å². The molecule has 1 N–H and O–H groups in total. The minimum Gasteiger partial charge on any atom is -0.373 e. The zero-order valence-electron chi connectivity index (χ0n) is 12.1. The van der Waals surface area contributed by atoms with Crippen LogP contribution < -0.4 is 5.32 Å². The van der Waals surface area contributed by atoms with Crippen LogP contribution in [0.2, 0.25) is 0 Å². The van der Waals surface area contributed by atoms with Crippen LogP contribution in [0.5, 0.6) is 0 Å². The van der Waals surface area contributed by atoms with Gasteiger partial charge in [-0.15, -0.1) is 0 Å². The highest BCUT2D eigenvalue weighted by Gasteiger charge is 2.30. The van der Waals surface area contributed by atoms with E-state index in [0.29, 0.717) is 5.92 Å². The van der Waals surface area contributed by atoms with Crippen LogP contribution in [-0.4, -0.2) is 27.5 Å². The van der Waals surface area contributed by atoms with Crippen molar-refractivity contribution in [2.75, 3.05) is 13.2 Å². The van der Waals surface area contributed by atoms with E-state index in [0.717, 1.165) is 26.1 Å². The van der Waals surface area contributed by atoms with Gasteiger partial charge < -0.3 is 14.6 Å². The van der Waals surface area contributed by atoms with Crippen molar-refractivity contribution < 1.29 is 4.74 Å². The zero-order valence-corrected chi connectivity index (χ0v) is 12.1. The summed E-state index contributed by atoms with van der Waals surface area (Å²) in [5.41, 5.74) is 2.50. The topological polar surface area (TPSA) is 44.0 Å². The third-order valence-electron chi connectivity index (χ3n) is 4.03. The van der Waals surface area contributed by atoms with Gasteiger partial charge in [-0.3, -0.25) is 4.68 Å². The minimum atomic E-state index is 0.185. The Morgan fingerprint density at radius 2 is 2.35 bits per heavy atom. The Morgan fingerprint density at radius 3 is 3.05 bits per heavy atom. The van der Waals surface area contributed by atoms with Gasteiger partial charge in [0.1, 0.15) is 0 Å². The van der Waals surface area contributed by atoms with Gasteiger partial charge in [0.25, 0.3) is 0 Å². The van der Waals surface area contributed by atoms with Gasteiger partial charge in [-0.1, -0.05) is 0 Å². The summed E-state index contributed by atoms with van der Waals surface area (Å²) in [4.78, 5) is 0. The van der Waals surface area contributed by atoms with E-state index in [2.05, 4.69) is 46.6 Å². The number of nitrogens with one attached hydrogen (secondary N) is 1. The highest BCUT2D eigenvalue weighted by atomic mass is 16.5. The Labute approximate surface area is 119 Å². The van der Waals surface area contributed by atoms with Crippen molar-refractivity contribution in [1.82, 2.24) is 19.7 Å². The van der Waals surface area contributed by atoms with E-state index in [1.807, 2.05) is 17.9 Å². The molecule has 0 radical (unpaired) electrons. The maximum Gasteiger partial charge on any atom is 0.0896 e. The molecule has 0 aliphatic carbocycles. The third-order valence-corrected chi connectivity index (χ3v) is 4.03. The van der Waals surface area contributed by atoms with E-state index < -0.39 is 0 Å². The van der Waals surface area contributed by atoms with Crippen molar-refractivity contribution in [3.05, 3.63) is 42.0 Å². The average molecular weight is 274 g/mol. The zero-order chi connectivity index (χ0) is 13.9. The second-order valence-corrected chi connectivity index (χ2v) is 5.53. The van der Waals surface area contributed by atoms with Gasteiger partial charge in [0.05, 0.1) is 12.3 Å². The molecule has 1 aliphatic rings. The fraction of sp³-hybridized carbons (Fsp3) is 0.533. The van der Waals surface area contributed by atoms with Gasteiger partial charge in [0, 0.05) is 63.4 Å². The largest absolute Gasteiger partial charge is 0.373 e. The van der Waals surface area contributed by atoms with Crippen molar-refractivity contribution in [3.8, 4) is 0 Å². The Balaban J connectivity index is 1.55. The molecule has 2 aromatic heterocycles. The summed E-state index contributed by atoms with van der Waals surface area (Å²) >= 11 is 0. The lowest BCUT2D eigenvalue weighted by molar-refractivity contribution is 0.0903. The highest BCUT2D eigenvalue weighted by molar-refractivity contribution is 5.11. The molecule has 1 saturated heterocycles. The molecule has 0 unspecified atom stereocenters. The molecule has 2 aromatic rings. The molecule has 0 amide bonds. The van der Waals surface area contributed by atoms with Crippen molar-refractivity contribution in [2.45, 2.75) is 19.1 Å². The molecule has 0 bridgehead atoms. The monoisotopic (exact) mass is 274 g/mol. The van der Waals surface area contributed by atoms with E-state index in [1.54, 1.807) is 0 Å². The van der Waals surface area contributed by atoms with Gasteiger partial charge in [-0.05, 0) is 18.6 Å². The predicted octanol–water partition coefficient (Wildman–Crippen LogP) is 1.63. The second kappa shape index (κ2) is 5.81. The van der Waals surface area contributed by atoms with Crippen molar-refractivity contribution >= 4 is 0 Å². The van der Waals surface area contributed by atoms with E-state index >= 15 is 0 Å². The standard InChI is InChI=1S/C15H22N4O/c1-18-6-3-4-14(18)10-16-8-12-5-7-20-15(12)13-9-17-19(2)11-13/h3-4,6,9,11-12,15-16H,5,7-8,10H2,1-2H3/t12-,15+/m1/s1. The van der Waals surface area contributed by atoms with E-state index in [-0.39, 0.29) is 6.10 Å². The van der Waals surface area contributed by atoms with Gasteiger partial charge in [-0.2, -0.15) is 5.10 Å². The summed E-state index contributed by atoms with van der Waals surface area (Å²) < 4.78 is 9.87. The molecular weight excluding hydrogens is 252 g/mol. The molecule has 0 aromatic carbocycles. The van der Waals surface area contributed by atoms with E-state index in [4.69, 9.17) is 4.74 Å². The summed E-state index contributed by atoms with van der Waals surface area (Å²) in [5.74, 6) is 0.527. The lowest BCUT2D eigenvalue weighted by Crippen LogP contribution is -2.25. The van der Waals surface area contributed by atoms with Crippen molar-refractivity contribution in [3.63, 3.8) is 0 Å². The number of aryl methyl sites for hydroxylation is 2. The van der Waals surface area contributed by atoms with Crippen LogP contribution >= 0.6 is 0 Å². The normalized spacial score (nSPS) is 22.5. The maximum absolute atomic E-state index is 5.88. The van der Waals surface area contributed by atoms with Crippen LogP contribution in [0, 0.1) is 5.92 Å². The Bertz CT molecular complexity index is 560. The minimum absolute atomic E-state index is 0.185. The Kier molecular flexibility index (Phi) is 3.89. The lowest BCUT2D eigenvalue weighted by atomic mass is 9.97. The first kappa shape index (κ1) is 13.4. The van der Waals surface area contributed by atoms with Crippen LogP contribution in [0.3, 0.4) is 0 Å². The molecule has 5 heteroatoms. The smallest absolute Gasteiger partial charge is 0.0896 e. The predicted molar refractivity (Wildman–Crippen MR) is 77.1 cm³/mol. The molecule has 1 fully saturated rings. The molecule has 2 atom stereocenters. The van der Waals surface area contributed by atoms with Gasteiger partial charge in [0.2, 0.25) is 0 Å². The van der Waals surface area contributed by atoms with Crippen LogP contribution in [0.15, 0.2) is 30.7 Å². The quantitative estimate of drug-likeness (QED) is 0.901. The van der Waals surface area contributed by atoms with E-state index in [9.17, 15) is 0 Å². The summed E-state index contributed by atoms with van der Waals surface area (Å²) in [7, 11) is 4.02. The second-order valence-electron chi connectivity index (χ2n) is 5.53. The van der Waals surface area contributed by atoms with Gasteiger partial charge >= 0.3 is 0 Å². The molecule has 0 saturated carbocycles. The SMILES string of the molecule is Cn1cc([C@H]2OCC[C@@H]2CNCc2cccn2C)cn1. The van der Waals surface area contributed by atoms with Gasteiger partial charge in [-0.25, -0.2) is 0 Å². The van der Waals surface area contributed by atoms with Crippen LogP contribution in [0.1, 0.15) is 23.8 Å². The number of hydrogen-bond donors (Lipinski definition) is 1. The molecule has 3 heterocycles. The molecule has 108 valence electrons. The van der Waals surface area contributed by atoms with Crippen molar-refractivity contribution in [1.29, 1.82) is 0 Å². The Morgan fingerprint density at radius 1 is 1.45 bits per heavy atom. The summed E-state index contributed by atoms with van der Waals surface area (Å²) in [5, 5.41) is 7.79. The maximum atomic E-state index is 5.88. The lowest BCUT2D eigenvalue weighted by Gasteiger charge is -2.18. The highest BCUT2D eigenvalue weighted by Crippen LogP contribution is 2.33. The number of hydrogen-bond acceptors (Lipinski definition) is 3. The molecule has 3 rings (SSSR count). The van der Waals surface area contributed by atoms with Crippen molar-refractivity contribution in [2.24, 2.45) is 20.0 Å². The fourth-order valence-corrected chi connectivity index (χ4v) is 2.86. The number of nitrogens with zero attached hydrogens (tertiary/aromatic N) is 3. The molecule has 0 spiro atoms. The molecule has 5 nitrogen and oxygen atoms in total. The average Bonchev–Trinajstić information content (AvgIpc) is 3.12. The fourth-order valence-electron chi connectivity index (χ4n) is 2.86. The number of rotatable bonds is 5. The van der Waals surface area contributed by atoms with E-state index in [1.165, 1.54) is 11.3 Å². The number of ether oxygens (including phenoxy) is 1. The molecule has 20 heavy (non-hydrogen) atoms. The first-order valence-electron chi connectivity index (χ1n) is 7.15. The summed E-state index contributed by atoms with van der Waals surface area (Å²) in [6.07, 6.45) is 7.35. The molecule has 1 aliphatic heterocycles.